The van der Waals surface area contributed by atoms with Crippen molar-refractivity contribution in [3.05, 3.63) is 46.2 Å². The number of carbonyl (C=O) groups excluding carboxylic acids is 1. The van der Waals surface area contributed by atoms with E-state index in [1.54, 1.807) is 6.07 Å². The van der Waals surface area contributed by atoms with Crippen molar-refractivity contribution in [1.29, 1.82) is 0 Å². The Bertz CT molecular complexity index is 888. The second kappa shape index (κ2) is 8.96. The average Bonchev–Trinajstić information content (AvgIpc) is 3.46. The predicted octanol–water partition coefficient (Wildman–Crippen LogP) is 3.97. The maximum atomic E-state index is 12.6. The van der Waals surface area contributed by atoms with Crippen LogP contribution >= 0.6 is 11.6 Å². The van der Waals surface area contributed by atoms with Crippen LogP contribution in [0.3, 0.4) is 0 Å². The van der Waals surface area contributed by atoms with Crippen molar-refractivity contribution in [2.24, 2.45) is 5.92 Å². The molecule has 0 radical (unpaired) electrons. The number of aromatic nitrogens is 2. The Hall–Kier alpha value is -2.39. The van der Waals surface area contributed by atoms with Crippen LogP contribution in [0.1, 0.15) is 29.7 Å². The van der Waals surface area contributed by atoms with Gasteiger partial charge in [0.2, 0.25) is 11.8 Å². The van der Waals surface area contributed by atoms with Crippen molar-refractivity contribution in [1.82, 2.24) is 15.3 Å². The largest absolute Gasteiger partial charge is 0.475 e. The van der Waals surface area contributed by atoms with Crippen molar-refractivity contribution in [3.63, 3.8) is 0 Å². The number of hydrogen-bond donors (Lipinski definition) is 2. The monoisotopic (exact) mass is 428 g/mol. The number of pyridine rings is 2. The molecule has 29 heavy (non-hydrogen) atoms. The molecule has 6 nitrogen and oxygen atoms in total. The molecule has 1 amide bonds. The van der Waals surface area contributed by atoms with Gasteiger partial charge in [0.1, 0.15) is 17.4 Å². The highest BCUT2D eigenvalue weighted by molar-refractivity contribution is 6.31. The average molecular weight is 429 g/mol. The molecule has 0 spiro atoms. The second-order valence-corrected chi connectivity index (χ2v) is 7.21. The van der Waals surface area contributed by atoms with Gasteiger partial charge >= 0.3 is 6.18 Å². The SMILES string of the molecule is Cc1cc(CNCCOc2ncc(C(F)(F)F)cc2Cl)cc(NC(=O)C2CC2)n1. The van der Waals surface area contributed by atoms with Crippen LogP contribution in [0.25, 0.3) is 0 Å². The molecule has 0 bridgehead atoms. The van der Waals surface area contributed by atoms with Crippen LogP contribution in [0, 0.1) is 12.8 Å². The van der Waals surface area contributed by atoms with Gasteiger partial charge in [-0.1, -0.05) is 11.6 Å². The molecule has 1 aliphatic rings. The molecule has 0 aliphatic heterocycles. The van der Waals surface area contributed by atoms with E-state index in [0.717, 1.165) is 30.2 Å². The zero-order valence-corrected chi connectivity index (χ0v) is 16.4. The Kier molecular flexibility index (Phi) is 6.59. The predicted molar refractivity (Wildman–Crippen MR) is 102 cm³/mol. The van der Waals surface area contributed by atoms with Crippen LogP contribution < -0.4 is 15.4 Å². The number of halogens is 4. The zero-order valence-electron chi connectivity index (χ0n) is 15.6. The van der Waals surface area contributed by atoms with Gasteiger partial charge in [0.15, 0.2) is 0 Å². The smallest absolute Gasteiger partial charge is 0.417 e. The number of nitrogens with zero attached hydrogens (tertiary/aromatic N) is 2. The summed E-state index contributed by atoms with van der Waals surface area (Å²) in [7, 11) is 0. The first-order valence-corrected chi connectivity index (χ1v) is 9.45. The highest BCUT2D eigenvalue weighted by Crippen LogP contribution is 2.33. The Labute approximate surface area is 170 Å². The quantitative estimate of drug-likeness (QED) is 0.622. The number of carbonyl (C=O) groups is 1. The lowest BCUT2D eigenvalue weighted by Crippen LogP contribution is -2.21. The van der Waals surface area contributed by atoms with Gasteiger partial charge in [0.25, 0.3) is 0 Å². The van der Waals surface area contributed by atoms with Gasteiger partial charge in [-0.05, 0) is 43.5 Å². The minimum absolute atomic E-state index is 0.00340. The standard InChI is InChI=1S/C19H20ClF3N4O2/c1-11-6-12(7-16(26-11)27-17(28)13-2-3-13)9-24-4-5-29-18-15(20)8-14(10-25-18)19(21,22)23/h6-8,10,13,24H,2-5,9H2,1H3,(H,26,27,28). The molecule has 2 N–H and O–H groups in total. The van der Waals surface area contributed by atoms with Gasteiger partial charge < -0.3 is 15.4 Å². The van der Waals surface area contributed by atoms with Crippen LogP contribution in [0.4, 0.5) is 19.0 Å². The molecule has 0 aromatic carbocycles. The second-order valence-electron chi connectivity index (χ2n) is 6.80. The number of ether oxygens (including phenoxy) is 1. The first-order chi connectivity index (χ1) is 13.7. The highest BCUT2D eigenvalue weighted by Gasteiger charge is 2.32. The highest BCUT2D eigenvalue weighted by atomic mass is 35.5. The lowest BCUT2D eigenvalue weighted by molar-refractivity contribution is -0.137. The van der Waals surface area contributed by atoms with E-state index in [1.807, 2.05) is 13.0 Å². The summed E-state index contributed by atoms with van der Waals surface area (Å²) in [6, 6.07) is 4.48. The first kappa shape index (κ1) is 21.3. The van der Waals surface area contributed by atoms with Crippen LogP contribution in [0.5, 0.6) is 5.88 Å². The molecule has 2 aromatic rings. The number of anilines is 1. The van der Waals surface area contributed by atoms with E-state index >= 15 is 0 Å². The van der Waals surface area contributed by atoms with Gasteiger partial charge in [-0.25, -0.2) is 9.97 Å². The van der Waals surface area contributed by atoms with Gasteiger partial charge in [0, 0.05) is 30.9 Å². The maximum Gasteiger partial charge on any atom is 0.417 e. The van der Waals surface area contributed by atoms with Crippen LogP contribution in [0.2, 0.25) is 5.02 Å². The third-order valence-corrected chi connectivity index (χ3v) is 4.46. The molecule has 0 atom stereocenters. The fraction of sp³-hybridized carbons (Fsp3) is 0.421. The minimum Gasteiger partial charge on any atom is -0.475 e. The van der Waals surface area contributed by atoms with E-state index in [9.17, 15) is 18.0 Å². The summed E-state index contributed by atoms with van der Waals surface area (Å²) in [5.41, 5.74) is 0.798. The van der Waals surface area contributed by atoms with Crippen LogP contribution in [0.15, 0.2) is 24.4 Å². The van der Waals surface area contributed by atoms with Gasteiger partial charge in [-0.3, -0.25) is 4.79 Å². The molecule has 1 aliphatic carbocycles. The molecule has 3 rings (SSSR count). The topological polar surface area (TPSA) is 76.1 Å². The Morgan fingerprint density at radius 3 is 2.72 bits per heavy atom. The first-order valence-electron chi connectivity index (χ1n) is 9.07. The summed E-state index contributed by atoms with van der Waals surface area (Å²) in [5, 5.41) is 5.78. The lowest BCUT2D eigenvalue weighted by atomic mass is 10.2. The van der Waals surface area contributed by atoms with Crippen molar-refractivity contribution < 1.29 is 22.7 Å². The fourth-order valence-electron chi connectivity index (χ4n) is 2.62. The van der Waals surface area contributed by atoms with Crippen molar-refractivity contribution in [2.75, 3.05) is 18.5 Å². The Morgan fingerprint density at radius 2 is 2.07 bits per heavy atom. The van der Waals surface area contributed by atoms with Gasteiger partial charge in [-0.15, -0.1) is 0 Å². The third-order valence-electron chi connectivity index (χ3n) is 4.19. The number of alkyl halides is 3. The fourth-order valence-corrected chi connectivity index (χ4v) is 2.84. The molecule has 0 unspecified atom stereocenters. The summed E-state index contributed by atoms with van der Waals surface area (Å²) < 4.78 is 43.1. The summed E-state index contributed by atoms with van der Waals surface area (Å²) in [6.07, 6.45) is -1.98. The molecular formula is C19H20ClF3N4O2. The lowest BCUT2D eigenvalue weighted by Gasteiger charge is -2.11. The van der Waals surface area contributed by atoms with Crippen LogP contribution in [-0.4, -0.2) is 29.0 Å². The third kappa shape index (κ3) is 6.30. The molecule has 10 heteroatoms. The molecule has 2 aromatic heterocycles. The number of rotatable bonds is 8. The molecule has 0 saturated heterocycles. The maximum absolute atomic E-state index is 12.6. The molecule has 2 heterocycles. The number of hydrogen-bond acceptors (Lipinski definition) is 5. The van der Waals surface area contributed by atoms with E-state index in [0.29, 0.717) is 25.1 Å². The van der Waals surface area contributed by atoms with E-state index in [4.69, 9.17) is 16.3 Å². The summed E-state index contributed by atoms with van der Waals surface area (Å²) in [4.78, 5) is 19.8. The molecule has 1 saturated carbocycles. The molecule has 1 fully saturated rings. The summed E-state index contributed by atoms with van der Waals surface area (Å²) in [5.74, 6) is 0.569. The minimum atomic E-state index is -4.50. The van der Waals surface area contributed by atoms with Crippen molar-refractivity contribution in [2.45, 2.75) is 32.5 Å². The van der Waals surface area contributed by atoms with E-state index in [2.05, 4.69) is 20.6 Å². The number of amides is 1. The molecule has 156 valence electrons. The summed E-state index contributed by atoms with van der Waals surface area (Å²) >= 11 is 5.80. The Balaban J connectivity index is 1.46. The normalized spacial score (nSPS) is 14.0. The van der Waals surface area contributed by atoms with E-state index < -0.39 is 11.7 Å². The van der Waals surface area contributed by atoms with Crippen molar-refractivity contribution >= 4 is 23.3 Å². The van der Waals surface area contributed by atoms with Gasteiger partial charge in [0.05, 0.1) is 5.56 Å². The van der Waals surface area contributed by atoms with E-state index in [-0.39, 0.29) is 29.3 Å². The van der Waals surface area contributed by atoms with Gasteiger partial charge in [-0.2, -0.15) is 13.2 Å². The Morgan fingerprint density at radius 1 is 1.31 bits per heavy atom. The van der Waals surface area contributed by atoms with E-state index in [1.165, 1.54) is 0 Å². The summed E-state index contributed by atoms with van der Waals surface area (Å²) in [6.45, 7) is 2.95. The molecular weight excluding hydrogens is 409 g/mol. The number of aryl methyl sites for hydroxylation is 1. The van der Waals surface area contributed by atoms with Crippen LogP contribution in [-0.2, 0) is 17.5 Å². The zero-order chi connectivity index (χ0) is 21.0. The van der Waals surface area contributed by atoms with Crippen molar-refractivity contribution in [3.8, 4) is 5.88 Å². The number of nitrogens with one attached hydrogen (secondary N) is 2.